The summed E-state index contributed by atoms with van der Waals surface area (Å²) in [6, 6.07) is 4.15. The highest BCUT2D eigenvalue weighted by Crippen LogP contribution is 2.30. The summed E-state index contributed by atoms with van der Waals surface area (Å²) in [5.74, 6) is -0.217. The highest BCUT2D eigenvalue weighted by Gasteiger charge is 2.21. The van der Waals surface area contributed by atoms with Gasteiger partial charge in [0.2, 0.25) is 0 Å². The molecule has 0 aliphatic heterocycles. The molecule has 0 aliphatic carbocycles. The lowest BCUT2D eigenvalue weighted by Crippen LogP contribution is -2.19. The average Bonchev–Trinajstić information content (AvgIpc) is 2.16. The van der Waals surface area contributed by atoms with Gasteiger partial charge in [0, 0.05) is 18.4 Å². The van der Waals surface area contributed by atoms with Crippen LogP contribution >= 0.6 is 0 Å². The predicted octanol–water partition coefficient (Wildman–Crippen LogP) is 0.0485. The Morgan fingerprint density at radius 1 is 1.44 bits per heavy atom. The Morgan fingerprint density at radius 3 is 2.56 bits per heavy atom. The Bertz CT molecular complexity index is 470. The minimum Gasteiger partial charge on any atom is -0.508 e. The van der Waals surface area contributed by atoms with Gasteiger partial charge in [0.25, 0.3) is 0 Å². The lowest BCUT2D eigenvalue weighted by atomic mass is 10.1. The fourth-order valence-electron chi connectivity index (χ4n) is 1.49. The third-order valence-corrected chi connectivity index (χ3v) is 3.33. The van der Waals surface area contributed by atoms with E-state index >= 15 is 0 Å². The molecule has 0 radical (unpaired) electrons. The van der Waals surface area contributed by atoms with E-state index < -0.39 is 15.9 Å². The van der Waals surface area contributed by atoms with Crippen molar-refractivity contribution in [3.63, 3.8) is 0 Å². The number of hydrogen-bond donors (Lipinski definition) is 3. The van der Waals surface area contributed by atoms with Crippen LogP contribution in [-0.2, 0) is 9.84 Å². The van der Waals surface area contributed by atoms with Gasteiger partial charge in [0.15, 0.2) is 9.84 Å². The van der Waals surface area contributed by atoms with Crippen molar-refractivity contribution in [2.45, 2.75) is 11.0 Å². The molecule has 0 aliphatic rings. The van der Waals surface area contributed by atoms with Gasteiger partial charge in [-0.1, -0.05) is 6.07 Å². The second kappa shape index (κ2) is 4.82. The van der Waals surface area contributed by atoms with Gasteiger partial charge < -0.3 is 15.5 Å². The molecule has 16 heavy (non-hydrogen) atoms. The molecule has 1 aromatic carbocycles. The molecular formula is C10H15NO4S. The lowest BCUT2D eigenvalue weighted by molar-refractivity contribution is 0.170. The van der Waals surface area contributed by atoms with Crippen LogP contribution in [0.4, 0.5) is 0 Å². The average molecular weight is 245 g/mol. The molecule has 0 fully saturated rings. The number of aromatic hydroxyl groups is 1. The zero-order chi connectivity index (χ0) is 12.3. The van der Waals surface area contributed by atoms with Crippen LogP contribution in [0, 0.1) is 0 Å². The van der Waals surface area contributed by atoms with E-state index in [2.05, 4.69) is 5.32 Å². The summed E-state index contributed by atoms with van der Waals surface area (Å²) in [6.45, 7) is 0.167. The highest BCUT2D eigenvalue weighted by molar-refractivity contribution is 7.90. The van der Waals surface area contributed by atoms with Crippen LogP contribution in [0.15, 0.2) is 23.1 Å². The van der Waals surface area contributed by atoms with Gasteiger partial charge in [0.05, 0.1) is 11.0 Å². The summed E-state index contributed by atoms with van der Waals surface area (Å²) in [5, 5.41) is 22.1. The van der Waals surface area contributed by atoms with Crippen LogP contribution in [-0.4, -0.2) is 38.5 Å². The molecule has 1 aromatic rings. The maximum atomic E-state index is 11.5. The molecule has 90 valence electrons. The lowest BCUT2D eigenvalue weighted by Gasteiger charge is -2.15. The highest BCUT2D eigenvalue weighted by atomic mass is 32.2. The maximum absolute atomic E-state index is 11.5. The largest absolute Gasteiger partial charge is 0.508 e. The minimum atomic E-state index is -3.47. The predicted molar refractivity (Wildman–Crippen MR) is 60.1 cm³/mol. The first-order chi connectivity index (χ1) is 7.38. The Labute approximate surface area is 94.7 Å². The fraction of sp³-hybridized carbons (Fsp3) is 0.400. The van der Waals surface area contributed by atoms with E-state index in [9.17, 15) is 18.6 Å². The van der Waals surface area contributed by atoms with Crippen molar-refractivity contribution in [3.05, 3.63) is 23.8 Å². The van der Waals surface area contributed by atoms with Crippen molar-refractivity contribution >= 4 is 9.84 Å². The van der Waals surface area contributed by atoms with Gasteiger partial charge in [-0.15, -0.1) is 0 Å². The maximum Gasteiger partial charge on any atom is 0.176 e. The summed E-state index contributed by atoms with van der Waals surface area (Å²) in [4.78, 5) is -0.0461. The molecule has 0 heterocycles. The Morgan fingerprint density at radius 2 is 2.06 bits per heavy atom. The molecule has 0 saturated carbocycles. The molecule has 0 spiro atoms. The normalized spacial score (nSPS) is 13.7. The number of rotatable bonds is 4. The molecule has 3 N–H and O–H groups in total. The van der Waals surface area contributed by atoms with Gasteiger partial charge in [-0.25, -0.2) is 8.42 Å². The van der Waals surface area contributed by atoms with Gasteiger partial charge in [-0.3, -0.25) is 0 Å². The summed E-state index contributed by atoms with van der Waals surface area (Å²) >= 11 is 0. The number of likely N-dealkylation sites (N-methyl/N-ethyl adjacent to an activating group) is 1. The molecule has 6 heteroatoms. The summed E-state index contributed by atoms with van der Waals surface area (Å²) in [7, 11) is -1.84. The zero-order valence-electron chi connectivity index (χ0n) is 9.14. The van der Waals surface area contributed by atoms with E-state index in [0.717, 1.165) is 6.26 Å². The van der Waals surface area contributed by atoms with Gasteiger partial charge in [-0.2, -0.15) is 0 Å². The first-order valence-corrected chi connectivity index (χ1v) is 6.61. The van der Waals surface area contributed by atoms with E-state index in [4.69, 9.17) is 0 Å². The SMILES string of the molecule is CNCC(O)c1c(O)cccc1S(C)(=O)=O. The second-order valence-corrected chi connectivity index (χ2v) is 5.52. The monoisotopic (exact) mass is 245 g/mol. The number of aliphatic hydroxyl groups excluding tert-OH is 1. The third-order valence-electron chi connectivity index (χ3n) is 2.17. The van der Waals surface area contributed by atoms with Crippen LogP contribution < -0.4 is 5.32 Å². The third kappa shape index (κ3) is 2.72. The van der Waals surface area contributed by atoms with Crippen LogP contribution in [0.2, 0.25) is 0 Å². The number of phenols is 1. The van der Waals surface area contributed by atoms with Crippen molar-refractivity contribution in [2.24, 2.45) is 0 Å². The van der Waals surface area contributed by atoms with Crippen LogP contribution in [0.3, 0.4) is 0 Å². The number of sulfone groups is 1. The van der Waals surface area contributed by atoms with Crippen molar-refractivity contribution in [1.29, 1.82) is 0 Å². The second-order valence-electron chi connectivity index (χ2n) is 3.53. The van der Waals surface area contributed by atoms with Crippen molar-refractivity contribution in [3.8, 4) is 5.75 Å². The Kier molecular flexibility index (Phi) is 3.90. The van der Waals surface area contributed by atoms with Crippen LogP contribution in [0.25, 0.3) is 0 Å². The molecule has 1 unspecified atom stereocenters. The molecule has 1 rings (SSSR count). The minimum absolute atomic E-state index is 0.0411. The molecule has 5 nitrogen and oxygen atoms in total. The van der Waals surface area contributed by atoms with Gasteiger partial charge in [-0.05, 0) is 19.2 Å². The standard InChI is InChI=1S/C10H15NO4S/c1-11-6-8(13)10-7(12)4-3-5-9(10)16(2,14)15/h3-5,8,11-13H,6H2,1-2H3. The molecule has 0 bridgehead atoms. The van der Waals surface area contributed by atoms with E-state index in [0.29, 0.717) is 0 Å². The molecular weight excluding hydrogens is 230 g/mol. The first kappa shape index (κ1) is 13.0. The summed E-state index contributed by atoms with van der Waals surface area (Å²) < 4.78 is 22.9. The quantitative estimate of drug-likeness (QED) is 0.697. The zero-order valence-corrected chi connectivity index (χ0v) is 9.95. The number of aliphatic hydroxyl groups is 1. The first-order valence-electron chi connectivity index (χ1n) is 4.72. The fourth-order valence-corrected chi connectivity index (χ4v) is 2.45. The van der Waals surface area contributed by atoms with Gasteiger partial charge in [0.1, 0.15) is 5.75 Å². The number of hydrogen-bond acceptors (Lipinski definition) is 5. The van der Waals surface area contributed by atoms with Crippen LogP contribution in [0.5, 0.6) is 5.75 Å². The molecule has 0 saturated heterocycles. The molecule has 0 aromatic heterocycles. The smallest absolute Gasteiger partial charge is 0.176 e. The number of benzene rings is 1. The Hall–Kier alpha value is -1.11. The van der Waals surface area contributed by atoms with Gasteiger partial charge >= 0.3 is 0 Å². The van der Waals surface area contributed by atoms with Crippen molar-refractivity contribution in [2.75, 3.05) is 19.8 Å². The summed E-state index contributed by atoms with van der Waals surface area (Å²) in [5.41, 5.74) is 0.0411. The van der Waals surface area contributed by atoms with Crippen molar-refractivity contribution < 1.29 is 18.6 Å². The van der Waals surface area contributed by atoms with Crippen molar-refractivity contribution in [1.82, 2.24) is 5.32 Å². The van der Waals surface area contributed by atoms with E-state index in [1.54, 1.807) is 7.05 Å². The van der Waals surface area contributed by atoms with Crippen LogP contribution in [0.1, 0.15) is 11.7 Å². The van der Waals surface area contributed by atoms with E-state index in [-0.39, 0.29) is 22.8 Å². The van der Waals surface area contributed by atoms with E-state index in [1.807, 2.05) is 0 Å². The Balaban J connectivity index is 3.35. The molecule has 0 amide bonds. The summed E-state index contributed by atoms with van der Waals surface area (Å²) in [6.07, 6.45) is -0.0203. The van der Waals surface area contributed by atoms with E-state index in [1.165, 1.54) is 18.2 Å². The number of phenolic OH excluding ortho intramolecular Hbond substituents is 1. The molecule has 1 atom stereocenters. The topological polar surface area (TPSA) is 86.6 Å². The number of nitrogens with one attached hydrogen (secondary N) is 1.